The van der Waals surface area contributed by atoms with E-state index in [1.165, 1.54) is 12.1 Å². The van der Waals surface area contributed by atoms with Crippen LogP contribution in [0.2, 0.25) is 0 Å². The highest BCUT2D eigenvalue weighted by molar-refractivity contribution is 14.0. The van der Waals surface area contributed by atoms with Crippen molar-refractivity contribution in [2.45, 2.75) is 26.1 Å². The summed E-state index contributed by atoms with van der Waals surface area (Å²) in [5, 5.41) is 6.37. The van der Waals surface area contributed by atoms with Crippen molar-refractivity contribution in [1.29, 1.82) is 0 Å². The number of halogens is 4. The van der Waals surface area contributed by atoms with Crippen LogP contribution in [0.1, 0.15) is 24.5 Å². The van der Waals surface area contributed by atoms with Crippen LogP contribution in [0.5, 0.6) is 0 Å². The van der Waals surface area contributed by atoms with E-state index in [1.54, 1.807) is 7.11 Å². The van der Waals surface area contributed by atoms with Crippen LogP contribution in [0.15, 0.2) is 29.3 Å². The molecule has 0 spiro atoms. The lowest BCUT2D eigenvalue weighted by Crippen LogP contribution is -2.41. The van der Waals surface area contributed by atoms with Crippen LogP contribution in [0.4, 0.5) is 13.2 Å². The summed E-state index contributed by atoms with van der Waals surface area (Å²) in [5.41, 5.74) is 0.0821. The second-order valence-electron chi connectivity index (χ2n) is 5.97. The molecule has 0 aliphatic carbocycles. The van der Waals surface area contributed by atoms with Crippen molar-refractivity contribution < 1.29 is 17.9 Å². The molecular weight excluding hydrogens is 472 g/mol. The van der Waals surface area contributed by atoms with Crippen LogP contribution in [0, 0.1) is 0 Å². The number of ether oxygens (including phenoxy) is 1. The number of hydrogen-bond donors (Lipinski definition) is 2. The van der Waals surface area contributed by atoms with Gasteiger partial charge in [0.05, 0.1) is 12.1 Å². The van der Waals surface area contributed by atoms with Crippen LogP contribution in [-0.2, 0) is 17.5 Å². The molecule has 5 nitrogen and oxygen atoms in total. The number of alkyl halides is 3. The van der Waals surface area contributed by atoms with Gasteiger partial charge in [0.2, 0.25) is 0 Å². The molecule has 0 bridgehead atoms. The lowest BCUT2D eigenvalue weighted by molar-refractivity contribution is -0.137. The molecule has 9 heteroatoms. The van der Waals surface area contributed by atoms with Crippen LogP contribution in [0.25, 0.3) is 0 Å². The number of guanidine groups is 1. The van der Waals surface area contributed by atoms with Crippen molar-refractivity contribution in [3.8, 4) is 0 Å². The number of rotatable bonds is 10. The Morgan fingerprint density at radius 2 is 1.81 bits per heavy atom. The Labute approximate surface area is 176 Å². The second kappa shape index (κ2) is 14.0. The summed E-state index contributed by atoms with van der Waals surface area (Å²) < 4.78 is 42.8. The smallest absolute Gasteiger partial charge is 0.385 e. The van der Waals surface area contributed by atoms with Gasteiger partial charge < -0.3 is 20.3 Å². The molecule has 1 aromatic rings. The van der Waals surface area contributed by atoms with Crippen molar-refractivity contribution in [2.24, 2.45) is 4.99 Å². The third-order valence-corrected chi connectivity index (χ3v) is 3.72. The minimum Gasteiger partial charge on any atom is -0.385 e. The highest BCUT2D eigenvalue weighted by atomic mass is 127. The first kappa shape index (κ1) is 25.9. The molecule has 2 N–H and O–H groups in total. The average Bonchev–Trinajstić information content (AvgIpc) is 2.59. The molecule has 0 saturated heterocycles. The Hall–Kier alpha value is -1.07. The highest BCUT2D eigenvalue weighted by Gasteiger charge is 2.29. The van der Waals surface area contributed by atoms with Crippen LogP contribution in [-0.4, -0.2) is 57.8 Å². The number of hydrogen-bond acceptors (Lipinski definition) is 3. The van der Waals surface area contributed by atoms with Gasteiger partial charge in [0.15, 0.2) is 5.96 Å². The van der Waals surface area contributed by atoms with E-state index in [9.17, 15) is 13.2 Å². The van der Waals surface area contributed by atoms with E-state index >= 15 is 0 Å². The molecule has 1 rings (SSSR count). The Morgan fingerprint density at radius 1 is 1.15 bits per heavy atom. The minimum atomic E-state index is -4.31. The number of benzene rings is 1. The van der Waals surface area contributed by atoms with Crippen molar-refractivity contribution in [3.63, 3.8) is 0 Å². The quantitative estimate of drug-likeness (QED) is 0.223. The van der Waals surface area contributed by atoms with Gasteiger partial charge in [0, 0.05) is 39.9 Å². The number of nitrogens with zero attached hydrogens (tertiary/aromatic N) is 2. The molecule has 0 heterocycles. The molecule has 0 aliphatic rings. The van der Waals surface area contributed by atoms with Gasteiger partial charge in [-0.3, -0.25) is 0 Å². The molecule has 0 fully saturated rings. The largest absolute Gasteiger partial charge is 0.416 e. The van der Waals surface area contributed by atoms with Gasteiger partial charge in [-0.25, -0.2) is 4.99 Å². The SMILES string of the molecule is CCNC(=NCc1ccc(C(F)(F)F)cc1)NCCN(C)CCCOC.I. The van der Waals surface area contributed by atoms with E-state index in [1.807, 2.05) is 14.0 Å². The Bertz CT molecular complexity index is 538. The van der Waals surface area contributed by atoms with E-state index in [-0.39, 0.29) is 24.0 Å². The summed E-state index contributed by atoms with van der Waals surface area (Å²) >= 11 is 0. The van der Waals surface area contributed by atoms with Gasteiger partial charge in [0.25, 0.3) is 0 Å². The van der Waals surface area contributed by atoms with Crippen LogP contribution in [0.3, 0.4) is 0 Å². The van der Waals surface area contributed by atoms with E-state index in [4.69, 9.17) is 4.74 Å². The van der Waals surface area contributed by atoms with Gasteiger partial charge in [0.1, 0.15) is 0 Å². The third kappa shape index (κ3) is 11.4. The fourth-order valence-electron chi connectivity index (χ4n) is 2.27. The fourth-order valence-corrected chi connectivity index (χ4v) is 2.27. The highest BCUT2D eigenvalue weighted by Crippen LogP contribution is 2.29. The van der Waals surface area contributed by atoms with E-state index in [2.05, 4.69) is 20.5 Å². The zero-order valence-electron chi connectivity index (χ0n) is 16.1. The zero-order chi connectivity index (χ0) is 19.4. The lowest BCUT2D eigenvalue weighted by atomic mass is 10.1. The average molecular weight is 502 g/mol. The molecule has 1 aromatic carbocycles. The normalized spacial score (nSPS) is 12.0. The maximum atomic E-state index is 12.6. The fraction of sp³-hybridized carbons (Fsp3) is 0.611. The van der Waals surface area contributed by atoms with Crippen molar-refractivity contribution >= 4 is 29.9 Å². The second-order valence-corrected chi connectivity index (χ2v) is 5.97. The summed E-state index contributed by atoms with van der Waals surface area (Å²) in [4.78, 5) is 6.62. The number of methoxy groups -OCH3 is 1. The third-order valence-electron chi connectivity index (χ3n) is 3.72. The lowest BCUT2D eigenvalue weighted by Gasteiger charge is -2.18. The molecule has 0 radical (unpaired) electrons. The molecule has 0 saturated carbocycles. The summed E-state index contributed by atoms with van der Waals surface area (Å²) in [5.74, 6) is 0.651. The predicted molar refractivity (Wildman–Crippen MR) is 114 cm³/mol. The van der Waals surface area contributed by atoms with Crippen molar-refractivity contribution in [3.05, 3.63) is 35.4 Å². The molecule has 0 aromatic heterocycles. The number of aliphatic imine (C=N–C) groups is 1. The summed E-state index contributed by atoms with van der Waals surface area (Å²) in [6, 6.07) is 5.08. The van der Waals surface area contributed by atoms with Crippen LogP contribution < -0.4 is 10.6 Å². The zero-order valence-corrected chi connectivity index (χ0v) is 18.4. The molecule has 0 unspecified atom stereocenters. The Morgan fingerprint density at radius 3 is 2.37 bits per heavy atom. The predicted octanol–water partition coefficient (Wildman–Crippen LogP) is 3.35. The van der Waals surface area contributed by atoms with Crippen molar-refractivity contribution in [1.82, 2.24) is 15.5 Å². The van der Waals surface area contributed by atoms with Gasteiger partial charge >= 0.3 is 6.18 Å². The Balaban J connectivity index is 0.00000676. The van der Waals surface area contributed by atoms with Crippen LogP contribution >= 0.6 is 24.0 Å². The molecular formula is C18H30F3IN4O. The minimum absolute atomic E-state index is 0. The molecule has 27 heavy (non-hydrogen) atoms. The van der Waals surface area contributed by atoms with Gasteiger partial charge in [-0.2, -0.15) is 13.2 Å². The van der Waals surface area contributed by atoms with Gasteiger partial charge in [-0.05, 0) is 38.1 Å². The maximum absolute atomic E-state index is 12.6. The first-order chi connectivity index (χ1) is 12.4. The Kier molecular flexibility index (Phi) is 13.4. The summed E-state index contributed by atoms with van der Waals surface area (Å²) in [6.07, 6.45) is -3.33. The topological polar surface area (TPSA) is 48.9 Å². The van der Waals surface area contributed by atoms with Gasteiger partial charge in [-0.1, -0.05) is 12.1 Å². The first-order valence-electron chi connectivity index (χ1n) is 8.72. The first-order valence-corrected chi connectivity index (χ1v) is 8.72. The molecule has 0 atom stereocenters. The van der Waals surface area contributed by atoms with E-state index < -0.39 is 11.7 Å². The standard InChI is InChI=1S/C18H29F3N4O.HI/c1-4-22-17(23-10-12-25(2)11-5-13-26-3)24-14-15-6-8-16(9-7-15)18(19,20)21;/h6-9H,4-5,10-14H2,1-3H3,(H2,22,23,24);1H. The maximum Gasteiger partial charge on any atom is 0.416 e. The van der Waals surface area contributed by atoms with Crippen molar-refractivity contribution in [2.75, 3.05) is 46.9 Å². The number of likely N-dealkylation sites (N-methyl/N-ethyl adjacent to an activating group) is 1. The monoisotopic (exact) mass is 502 g/mol. The summed E-state index contributed by atoms with van der Waals surface area (Å²) in [6.45, 7) is 6.27. The summed E-state index contributed by atoms with van der Waals surface area (Å²) in [7, 11) is 3.74. The molecule has 0 aliphatic heterocycles. The number of nitrogens with one attached hydrogen (secondary N) is 2. The van der Waals surface area contributed by atoms with Gasteiger partial charge in [-0.15, -0.1) is 24.0 Å². The molecule has 156 valence electrons. The van der Waals surface area contributed by atoms with E-state index in [0.29, 0.717) is 19.0 Å². The van der Waals surface area contributed by atoms with E-state index in [0.717, 1.165) is 50.4 Å². The molecule has 0 amide bonds.